The average Bonchev–Trinajstić information content (AvgIpc) is 2.99. The second-order valence-electron chi connectivity index (χ2n) is 5.14. The lowest BCUT2D eigenvalue weighted by Crippen LogP contribution is -2.20. The molecule has 2 aromatic heterocycles. The van der Waals surface area contributed by atoms with E-state index in [0.717, 1.165) is 11.5 Å². The van der Waals surface area contributed by atoms with Crippen LogP contribution in [0.25, 0.3) is 5.65 Å². The van der Waals surface area contributed by atoms with Crippen LogP contribution in [0, 0.1) is 6.92 Å². The Kier molecular flexibility index (Phi) is 4.55. The van der Waals surface area contributed by atoms with E-state index in [1.807, 2.05) is 41.8 Å². The van der Waals surface area contributed by atoms with Crippen LogP contribution in [0.3, 0.4) is 0 Å². The van der Waals surface area contributed by atoms with Gasteiger partial charge in [0.05, 0.1) is 13.0 Å². The first kappa shape index (κ1) is 15.7. The Balaban J connectivity index is 1.66. The molecule has 2 heterocycles. The van der Waals surface area contributed by atoms with Gasteiger partial charge >= 0.3 is 0 Å². The van der Waals surface area contributed by atoms with Gasteiger partial charge in [0, 0.05) is 25.1 Å². The number of carbonyl (C=O) groups is 1. The highest BCUT2D eigenvalue weighted by atomic mass is 16.5. The van der Waals surface area contributed by atoms with Gasteiger partial charge in [-0.25, -0.2) is 4.98 Å². The van der Waals surface area contributed by atoms with Crippen molar-refractivity contribution in [2.75, 3.05) is 19.0 Å². The summed E-state index contributed by atoms with van der Waals surface area (Å²) in [6, 6.07) is 7.43. The number of fused-ring (bicyclic) bond motifs is 1. The van der Waals surface area contributed by atoms with Gasteiger partial charge in [0.2, 0.25) is 11.6 Å². The smallest absolute Gasteiger partial charge is 0.223 e. The Labute approximate surface area is 138 Å². The maximum Gasteiger partial charge on any atom is 0.223 e. The summed E-state index contributed by atoms with van der Waals surface area (Å²) in [6.07, 6.45) is 3.84. The minimum Gasteiger partial charge on any atom is -0.493 e. The molecule has 0 radical (unpaired) electrons. The SMILES string of the molecule is CNC(=O)CCOc1ccc(Nc2nccn3c(C)nnc23)cc1. The summed E-state index contributed by atoms with van der Waals surface area (Å²) in [7, 11) is 1.61. The number of nitrogens with zero attached hydrogens (tertiary/aromatic N) is 4. The molecule has 8 nitrogen and oxygen atoms in total. The topological polar surface area (TPSA) is 93.4 Å². The van der Waals surface area contributed by atoms with Gasteiger partial charge in [-0.3, -0.25) is 9.20 Å². The zero-order valence-corrected chi connectivity index (χ0v) is 13.5. The normalized spacial score (nSPS) is 10.6. The third kappa shape index (κ3) is 3.43. The third-order valence-electron chi connectivity index (χ3n) is 3.49. The summed E-state index contributed by atoms with van der Waals surface area (Å²) in [5.41, 5.74) is 1.52. The van der Waals surface area contributed by atoms with Crippen molar-refractivity contribution in [1.29, 1.82) is 0 Å². The molecular formula is C16H18N6O2. The molecule has 0 unspecified atom stereocenters. The van der Waals surface area contributed by atoms with Gasteiger partial charge in [0.1, 0.15) is 11.6 Å². The minimum absolute atomic E-state index is 0.0453. The summed E-state index contributed by atoms with van der Waals surface area (Å²) < 4.78 is 7.39. The summed E-state index contributed by atoms with van der Waals surface area (Å²) in [5.74, 6) is 2.09. The fraction of sp³-hybridized carbons (Fsp3) is 0.250. The lowest BCUT2D eigenvalue weighted by Gasteiger charge is -2.09. The van der Waals surface area contributed by atoms with Crippen molar-refractivity contribution in [2.45, 2.75) is 13.3 Å². The van der Waals surface area contributed by atoms with Crippen LogP contribution in [0.1, 0.15) is 12.2 Å². The largest absolute Gasteiger partial charge is 0.493 e. The Morgan fingerprint density at radius 2 is 2.04 bits per heavy atom. The number of carbonyl (C=O) groups excluding carboxylic acids is 1. The number of hydrogen-bond acceptors (Lipinski definition) is 6. The fourth-order valence-electron chi connectivity index (χ4n) is 2.19. The van der Waals surface area contributed by atoms with Crippen molar-refractivity contribution < 1.29 is 9.53 Å². The molecule has 2 N–H and O–H groups in total. The highest BCUT2D eigenvalue weighted by Gasteiger charge is 2.08. The first-order chi connectivity index (χ1) is 11.7. The monoisotopic (exact) mass is 326 g/mol. The van der Waals surface area contributed by atoms with Crippen LogP contribution in [0.5, 0.6) is 5.75 Å². The Hall–Kier alpha value is -3.16. The lowest BCUT2D eigenvalue weighted by molar-refractivity contribution is -0.121. The quantitative estimate of drug-likeness (QED) is 0.716. The summed E-state index contributed by atoms with van der Waals surface area (Å²) in [6.45, 7) is 2.22. The zero-order chi connectivity index (χ0) is 16.9. The minimum atomic E-state index is -0.0453. The Morgan fingerprint density at radius 1 is 1.25 bits per heavy atom. The van der Waals surface area contributed by atoms with Crippen molar-refractivity contribution >= 4 is 23.1 Å². The standard InChI is InChI=1S/C16H18N6O2/c1-11-20-21-16-15(18-8-9-22(11)16)19-12-3-5-13(6-4-12)24-10-7-14(23)17-2/h3-6,8-9H,7,10H2,1-2H3,(H,17,23)(H,18,19). The second kappa shape index (κ2) is 6.95. The molecule has 0 fully saturated rings. The van der Waals surface area contributed by atoms with E-state index in [4.69, 9.17) is 4.74 Å². The van der Waals surface area contributed by atoms with Gasteiger partial charge in [-0.15, -0.1) is 10.2 Å². The molecule has 3 aromatic rings. The fourth-order valence-corrected chi connectivity index (χ4v) is 2.19. The molecule has 3 rings (SSSR count). The van der Waals surface area contributed by atoms with Crippen LogP contribution in [0.4, 0.5) is 11.5 Å². The van der Waals surface area contributed by atoms with Crippen LogP contribution in [-0.2, 0) is 4.79 Å². The van der Waals surface area contributed by atoms with E-state index >= 15 is 0 Å². The maximum absolute atomic E-state index is 11.1. The maximum atomic E-state index is 11.1. The predicted molar refractivity (Wildman–Crippen MR) is 89.4 cm³/mol. The number of aromatic nitrogens is 4. The van der Waals surface area contributed by atoms with E-state index in [0.29, 0.717) is 30.2 Å². The predicted octanol–water partition coefficient (Wildman–Crippen LogP) is 1.69. The van der Waals surface area contributed by atoms with Crippen LogP contribution < -0.4 is 15.4 Å². The highest BCUT2D eigenvalue weighted by molar-refractivity contribution is 5.75. The van der Waals surface area contributed by atoms with E-state index < -0.39 is 0 Å². The number of aryl methyl sites for hydroxylation is 1. The molecule has 0 spiro atoms. The van der Waals surface area contributed by atoms with Crippen LogP contribution >= 0.6 is 0 Å². The highest BCUT2D eigenvalue weighted by Crippen LogP contribution is 2.21. The van der Waals surface area contributed by atoms with E-state index in [9.17, 15) is 4.79 Å². The number of anilines is 2. The molecule has 24 heavy (non-hydrogen) atoms. The van der Waals surface area contributed by atoms with E-state index in [-0.39, 0.29) is 5.91 Å². The molecule has 8 heteroatoms. The summed E-state index contributed by atoms with van der Waals surface area (Å²) >= 11 is 0. The molecule has 0 aliphatic rings. The molecule has 0 aliphatic heterocycles. The molecule has 124 valence electrons. The lowest BCUT2D eigenvalue weighted by atomic mass is 10.3. The van der Waals surface area contributed by atoms with Crippen LogP contribution in [0.2, 0.25) is 0 Å². The van der Waals surface area contributed by atoms with Crippen LogP contribution in [-0.4, -0.2) is 39.1 Å². The van der Waals surface area contributed by atoms with Gasteiger partial charge < -0.3 is 15.4 Å². The van der Waals surface area contributed by atoms with E-state index in [1.165, 1.54) is 0 Å². The first-order valence-electron chi connectivity index (χ1n) is 7.54. The van der Waals surface area contributed by atoms with Gasteiger partial charge in [0.25, 0.3) is 0 Å². The van der Waals surface area contributed by atoms with Crippen molar-refractivity contribution in [1.82, 2.24) is 24.9 Å². The van der Waals surface area contributed by atoms with Crippen molar-refractivity contribution in [2.24, 2.45) is 0 Å². The van der Waals surface area contributed by atoms with Gasteiger partial charge in [-0.05, 0) is 31.2 Å². The van der Waals surface area contributed by atoms with Gasteiger partial charge in [-0.1, -0.05) is 0 Å². The third-order valence-corrected chi connectivity index (χ3v) is 3.49. The molecule has 1 amide bonds. The average molecular weight is 326 g/mol. The molecule has 0 aliphatic carbocycles. The van der Waals surface area contributed by atoms with Crippen molar-refractivity contribution in [3.63, 3.8) is 0 Å². The molecule has 0 bridgehead atoms. The van der Waals surface area contributed by atoms with Gasteiger partial charge in [0.15, 0.2) is 5.82 Å². The number of hydrogen-bond donors (Lipinski definition) is 2. The summed E-state index contributed by atoms with van der Waals surface area (Å²) in [4.78, 5) is 15.5. The van der Waals surface area contributed by atoms with Crippen molar-refractivity contribution in [3.8, 4) is 5.75 Å². The molecule has 0 atom stereocenters. The summed E-state index contributed by atoms with van der Waals surface area (Å²) in [5, 5.41) is 13.9. The van der Waals surface area contributed by atoms with Crippen molar-refractivity contribution in [3.05, 3.63) is 42.5 Å². The number of benzene rings is 1. The number of nitrogens with one attached hydrogen (secondary N) is 2. The Morgan fingerprint density at radius 3 is 2.79 bits per heavy atom. The van der Waals surface area contributed by atoms with Gasteiger partial charge in [-0.2, -0.15) is 0 Å². The number of rotatable bonds is 6. The van der Waals surface area contributed by atoms with E-state index in [1.54, 1.807) is 13.2 Å². The molecule has 1 aromatic carbocycles. The first-order valence-corrected chi connectivity index (χ1v) is 7.54. The van der Waals surface area contributed by atoms with Crippen LogP contribution in [0.15, 0.2) is 36.7 Å². The Bertz CT molecular complexity index is 843. The molecule has 0 saturated carbocycles. The van der Waals surface area contributed by atoms with E-state index in [2.05, 4.69) is 25.8 Å². The molecular weight excluding hydrogens is 308 g/mol. The molecule has 0 saturated heterocycles. The second-order valence-corrected chi connectivity index (χ2v) is 5.14. The zero-order valence-electron chi connectivity index (χ0n) is 13.5. The number of amides is 1. The number of ether oxygens (including phenoxy) is 1.